The summed E-state index contributed by atoms with van der Waals surface area (Å²) in [5.74, 6) is 0.718. The van der Waals surface area contributed by atoms with E-state index in [4.69, 9.17) is 0 Å². The minimum atomic E-state index is 0.718. The van der Waals surface area contributed by atoms with Crippen LogP contribution in [0.25, 0.3) is 0 Å². The van der Waals surface area contributed by atoms with Crippen LogP contribution >= 0.6 is 0 Å². The van der Waals surface area contributed by atoms with E-state index in [0.717, 1.165) is 31.8 Å². The molecule has 0 spiro atoms. The predicted octanol–water partition coefficient (Wildman–Crippen LogP) is 2.45. The molecular formula is C11H24N2. The van der Waals surface area contributed by atoms with Crippen LogP contribution in [-0.4, -0.2) is 37.8 Å². The number of hydrogen-bond acceptors (Lipinski definition) is 2. The maximum absolute atomic E-state index is 4.49. The van der Waals surface area contributed by atoms with Crippen LogP contribution < -0.4 is 0 Å². The Kier molecular flexibility index (Phi) is 6.87. The van der Waals surface area contributed by atoms with Crippen molar-refractivity contribution in [3.05, 3.63) is 0 Å². The van der Waals surface area contributed by atoms with E-state index in [1.165, 1.54) is 5.71 Å². The molecule has 0 saturated carbocycles. The van der Waals surface area contributed by atoms with Crippen LogP contribution in [0.5, 0.6) is 0 Å². The van der Waals surface area contributed by atoms with Crippen LogP contribution in [-0.2, 0) is 0 Å². The van der Waals surface area contributed by atoms with Gasteiger partial charge in [-0.2, -0.15) is 0 Å². The maximum Gasteiger partial charge on any atom is 0.0385 e. The molecule has 0 N–H and O–H groups in total. The van der Waals surface area contributed by atoms with Crippen molar-refractivity contribution in [2.45, 2.75) is 33.6 Å². The highest BCUT2D eigenvalue weighted by Gasteiger charge is 2.04. The number of rotatable bonds is 6. The zero-order chi connectivity index (χ0) is 10.3. The van der Waals surface area contributed by atoms with Crippen molar-refractivity contribution in [2.24, 2.45) is 10.9 Å². The van der Waals surface area contributed by atoms with Crippen LogP contribution in [0.4, 0.5) is 0 Å². The van der Waals surface area contributed by atoms with Crippen molar-refractivity contribution in [2.75, 3.05) is 27.2 Å². The van der Waals surface area contributed by atoms with E-state index in [9.17, 15) is 0 Å². The topological polar surface area (TPSA) is 15.6 Å². The molecule has 0 saturated heterocycles. The van der Waals surface area contributed by atoms with Crippen molar-refractivity contribution in [3.63, 3.8) is 0 Å². The average Bonchev–Trinajstić information content (AvgIpc) is 1.98. The Labute approximate surface area is 83.0 Å². The Morgan fingerprint density at radius 2 is 2.00 bits per heavy atom. The SMILES string of the molecule is CCCN=C(C)C[C@@H](C)CN(C)C. The Balaban J connectivity index is 3.70. The predicted molar refractivity (Wildman–Crippen MR) is 60.6 cm³/mol. The highest BCUT2D eigenvalue weighted by atomic mass is 15.1. The third-order valence-electron chi connectivity index (χ3n) is 1.93. The van der Waals surface area contributed by atoms with Gasteiger partial charge in [0.2, 0.25) is 0 Å². The summed E-state index contributed by atoms with van der Waals surface area (Å²) in [6.45, 7) is 8.73. The highest BCUT2D eigenvalue weighted by Crippen LogP contribution is 2.04. The van der Waals surface area contributed by atoms with Crippen LogP contribution in [0, 0.1) is 5.92 Å². The van der Waals surface area contributed by atoms with Gasteiger partial charge in [0.05, 0.1) is 0 Å². The normalized spacial score (nSPS) is 15.1. The minimum Gasteiger partial charge on any atom is -0.309 e. The number of nitrogens with zero attached hydrogens (tertiary/aromatic N) is 2. The van der Waals surface area contributed by atoms with Gasteiger partial charge in [0.1, 0.15) is 0 Å². The van der Waals surface area contributed by atoms with Crippen LogP contribution in [0.2, 0.25) is 0 Å². The molecule has 0 aromatic rings. The fraction of sp³-hybridized carbons (Fsp3) is 0.909. The Morgan fingerprint density at radius 3 is 2.46 bits per heavy atom. The van der Waals surface area contributed by atoms with Crippen LogP contribution in [0.3, 0.4) is 0 Å². The summed E-state index contributed by atoms with van der Waals surface area (Å²) in [5.41, 5.74) is 1.30. The quantitative estimate of drug-likeness (QED) is 0.579. The molecule has 0 aromatic carbocycles. The second-order valence-corrected chi connectivity index (χ2v) is 4.19. The molecule has 13 heavy (non-hydrogen) atoms. The molecule has 0 heterocycles. The highest BCUT2D eigenvalue weighted by molar-refractivity contribution is 5.82. The average molecular weight is 184 g/mol. The molecule has 1 atom stereocenters. The monoisotopic (exact) mass is 184 g/mol. The van der Waals surface area contributed by atoms with Gasteiger partial charge in [-0.15, -0.1) is 0 Å². The number of aliphatic imine (C=N–C) groups is 1. The van der Waals surface area contributed by atoms with Gasteiger partial charge in [0.15, 0.2) is 0 Å². The summed E-state index contributed by atoms with van der Waals surface area (Å²) in [6, 6.07) is 0. The van der Waals surface area contributed by atoms with Crippen LogP contribution in [0.1, 0.15) is 33.6 Å². The minimum absolute atomic E-state index is 0.718. The number of hydrogen-bond donors (Lipinski definition) is 0. The molecule has 2 heteroatoms. The summed E-state index contributed by atoms with van der Waals surface area (Å²) in [6.07, 6.45) is 2.29. The van der Waals surface area contributed by atoms with Crippen molar-refractivity contribution < 1.29 is 0 Å². The molecule has 0 amide bonds. The first-order valence-electron chi connectivity index (χ1n) is 5.20. The van der Waals surface area contributed by atoms with Gasteiger partial charge >= 0.3 is 0 Å². The largest absolute Gasteiger partial charge is 0.309 e. The van der Waals surface area contributed by atoms with Crippen molar-refractivity contribution >= 4 is 5.71 Å². The lowest BCUT2D eigenvalue weighted by molar-refractivity contribution is 0.344. The molecule has 0 aliphatic rings. The van der Waals surface area contributed by atoms with Gasteiger partial charge in [-0.1, -0.05) is 13.8 Å². The molecule has 0 aromatic heterocycles. The van der Waals surface area contributed by atoms with Gasteiger partial charge in [-0.25, -0.2) is 0 Å². The summed E-state index contributed by atoms with van der Waals surface area (Å²) >= 11 is 0. The van der Waals surface area contributed by atoms with Gasteiger partial charge in [-0.05, 0) is 39.8 Å². The summed E-state index contributed by atoms with van der Waals surface area (Å²) in [4.78, 5) is 6.72. The van der Waals surface area contributed by atoms with E-state index in [1.807, 2.05) is 0 Å². The smallest absolute Gasteiger partial charge is 0.0385 e. The first kappa shape index (κ1) is 12.6. The Bertz CT molecular complexity index is 150. The lowest BCUT2D eigenvalue weighted by atomic mass is 10.0. The van der Waals surface area contributed by atoms with E-state index in [1.54, 1.807) is 0 Å². The maximum atomic E-state index is 4.49. The third kappa shape index (κ3) is 7.97. The Hall–Kier alpha value is -0.370. The molecule has 0 unspecified atom stereocenters. The molecule has 0 bridgehead atoms. The van der Waals surface area contributed by atoms with E-state index >= 15 is 0 Å². The molecule has 78 valence electrons. The van der Waals surface area contributed by atoms with Gasteiger partial charge in [0, 0.05) is 18.8 Å². The molecule has 0 aliphatic carbocycles. The zero-order valence-corrected chi connectivity index (χ0v) is 9.80. The standard InChI is InChI=1S/C11H24N2/c1-6-7-12-11(3)8-10(2)9-13(4)5/h10H,6-9H2,1-5H3/t10-/m1/s1. The van der Waals surface area contributed by atoms with Crippen molar-refractivity contribution in [1.29, 1.82) is 0 Å². The van der Waals surface area contributed by atoms with E-state index in [-0.39, 0.29) is 0 Å². The molecule has 2 nitrogen and oxygen atoms in total. The lowest BCUT2D eigenvalue weighted by Gasteiger charge is -2.16. The molecule has 0 radical (unpaired) electrons. The molecule has 0 aliphatic heterocycles. The zero-order valence-electron chi connectivity index (χ0n) is 9.80. The molecule has 0 fully saturated rings. The molecular weight excluding hydrogens is 160 g/mol. The van der Waals surface area contributed by atoms with E-state index < -0.39 is 0 Å². The van der Waals surface area contributed by atoms with E-state index in [0.29, 0.717) is 0 Å². The van der Waals surface area contributed by atoms with Crippen LogP contribution in [0.15, 0.2) is 4.99 Å². The summed E-state index contributed by atoms with van der Waals surface area (Å²) in [7, 11) is 4.24. The fourth-order valence-electron chi connectivity index (χ4n) is 1.56. The van der Waals surface area contributed by atoms with Gasteiger partial charge in [0.25, 0.3) is 0 Å². The summed E-state index contributed by atoms with van der Waals surface area (Å²) in [5, 5.41) is 0. The Morgan fingerprint density at radius 1 is 1.38 bits per heavy atom. The molecule has 0 rings (SSSR count). The van der Waals surface area contributed by atoms with E-state index in [2.05, 4.69) is 44.8 Å². The van der Waals surface area contributed by atoms with Crippen molar-refractivity contribution in [3.8, 4) is 0 Å². The van der Waals surface area contributed by atoms with Gasteiger partial charge in [-0.3, -0.25) is 4.99 Å². The first-order chi connectivity index (χ1) is 6.06. The second kappa shape index (κ2) is 7.07. The van der Waals surface area contributed by atoms with Gasteiger partial charge < -0.3 is 4.90 Å². The second-order valence-electron chi connectivity index (χ2n) is 4.19. The fourth-order valence-corrected chi connectivity index (χ4v) is 1.56. The lowest BCUT2D eigenvalue weighted by Crippen LogP contribution is -2.21. The summed E-state index contributed by atoms with van der Waals surface area (Å²) < 4.78 is 0. The third-order valence-corrected chi connectivity index (χ3v) is 1.93. The first-order valence-corrected chi connectivity index (χ1v) is 5.20. The van der Waals surface area contributed by atoms with Crippen molar-refractivity contribution in [1.82, 2.24) is 4.90 Å².